The summed E-state index contributed by atoms with van der Waals surface area (Å²) in [7, 11) is 0. The van der Waals surface area contributed by atoms with Gasteiger partial charge in [0.1, 0.15) is 0 Å². The summed E-state index contributed by atoms with van der Waals surface area (Å²) < 4.78 is 1.91. The topological polar surface area (TPSA) is 79.6 Å². The van der Waals surface area contributed by atoms with Crippen molar-refractivity contribution in [2.75, 3.05) is 13.1 Å². The molecule has 0 radical (unpaired) electrons. The van der Waals surface area contributed by atoms with E-state index in [9.17, 15) is 9.59 Å². The summed E-state index contributed by atoms with van der Waals surface area (Å²) in [6, 6.07) is 2.11. The van der Waals surface area contributed by atoms with Crippen LogP contribution in [-0.4, -0.2) is 44.4 Å². The maximum absolute atomic E-state index is 13.1. The van der Waals surface area contributed by atoms with Crippen LogP contribution in [0, 0.1) is 25.7 Å². The molecule has 32 heavy (non-hydrogen) atoms. The summed E-state index contributed by atoms with van der Waals surface area (Å²) in [5, 5.41) is 7.96. The lowest BCUT2D eigenvalue weighted by atomic mass is 10.1. The highest BCUT2D eigenvalue weighted by molar-refractivity contribution is 5.80. The molecule has 3 heterocycles. The van der Waals surface area contributed by atoms with E-state index < -0.39 is 0 Å². The molecule has 1 saturated heterocycles. The number of nitrogens with one attached hydrogen (secondary N) is 1. The van der Waals surface area contributed by atoms with Gasteiger partial charge in [-0.25, -0.2) is 9.50 Å². The molecule has 3 aliphatic rings. The Balaban J connectivity index is 1.33. The average molecular weight is 438 g/mol. The molecule has 7 nitrogen and oxygen atoms in total. The molecule has 5 rings (SSSR count). The first-order chi connectivity index (χ1) is 15.5. The summed E-state index contributed by atoms with van der Waals surface area (Å²) in [5.74, 6) is 1.33. The first kappa shape index (κ1) is 21.4. The Labute approximate surface area is 190 Å². The predicted molar refractivity (Wildman–Crippen MR) is 122 cm³/mol. The first-order valence-electron chi connectivity index (χ1n) is 12.4. The monoisotopic (exact) mass is 437 g/mol. The van der Waals surface area contributed by atoms with Crippen molar-refractivity contribution in [3.8, 4) is 0 Å². The molecule has 0 aromatic carbocycles. The van der Waals surface area contributed by atoms with Gasteiger partial charge < -0.3 is 10.2 Å². The maximum atomic E-state index is 13.1. The lowest BCUT2D eigenvalue weighted by molar-refractivity contribution is -0.136. The van der Waals surface area contributed by atoms with Gasteiger partial charge in [-0.05, 0) is 70.3 Å². The summed E-state index contributed by atoms with van der Waals surface area (Å²) in [6.45, 7) is 5.73. The highest BCUT2D eigenvalue weighted by Gasteiger charge is 2.36. The number of fused-ring (bicyclic) bond motifs is 1. The number of aryl methyl sites for hydroxylation is 2. The number of carbonyl (C=O) groups excluding carboxylic acids is 2. The third-order valence-electron chi connectivity index (χ3n) is 7.65. The Bertz CT molecular complexity index is 1020. The molecule has 2 saturated carbocycles. The smallest absolute Gasteiger partial charge is 0.226 e. The minimum Gasteiger partial charge on any atom is -0.356 e. The van der Waals surface area contributed by atoms with Crippen LogP contribution in [-0.2, 0) is 16.0 Å². The average Bonchev–Trinajstić information content (AvgIpc) is 3.18. The van der Waals surface area contributed by atoms with Crippen molar-refractivity contribution >= 4 is 17.5 Å². The van der Waals surface area contributed by atoms with Gasteiger partial charge in [0, 0.05) is 42.9 Å². The number of hydrogen-bond acceptors (Lipinski definition) is 4. The van der Waals surface area contributed by atoms with Crippen LogP contribution >= 0.6 is 0 Å². The van der Waals surface area contributed by atoms with E-state index in [1.54, 1.807) is 0 Å². The van der Waals surface area contributed by atoms with E-state index in [-0.39, 0.29) is 17.9 Å². The summed E-state index contributed by atoms with van der Waals surface area (Å²) in [6.07, 6.45) is 10.0. The van der Waals surface area contributed by atoms with Crippen LogP contribution < -0.4 is 5.32 Å². The maximum Gasteiger partial charge on any atom is 0.226 e. The minimum absolute atomic E-state index is 0.0566. The molecule has 7 heteroatoms. The van der Waals surface area contributed by atoms with Crippen LogP contribution in [0.1, 0.15) is 86.5 Å². The van der Waals surface area contributed by atoms with Gasteiger partial charge in [0.25, 0.3) is 0 Å². The zero-order valence-electron chi connectivity index (χ0n) is 19.4. The quantitative estimate of drug-likeness (QED) is 0.717. The SMILES string of the molecule is Cc1nc2cc(C3CCCN3C(=O)C3CCCC3)nn2c(C)c1CCC(=O)NCC1CC1. The summed E-state index contributed by atoms with van der Waals surface area (Å²) in [4.78, 5) is 32.2. The van der Waals surface area contributed by atoms with E-state index in [4.69, 9.17) is 10.1 Å². The van der Waals surface area contributed by atoms with Crippen molar-refractivity contribution in [2.45, 2.75) is 84.1 Å². The van der Waals surface area contributed by atoms with Gasteiger partial charge in [-0.15, -0.1) is 0 Å². The zero-order chi connectivity index (χ0) is 22.2. The second-order valence-corrected chi connectivity index (χ2v) is 10.0. The van der Waals surface area contributed by atoms with Crippen molar-refractivity contribution < 1.29 is 9.59 Å². The van der Waals surface area contributed by atoms with E-state index in [2.05, 4.69) is 23.2 Å². The van der Waals surface area contributed by atoms with Crippen molar-refractivity contribution in [2.24, 2.45) is 11.8 Å². The zero-order valence-corrected chi connectivity index (χ0v) is 19.4. The minimum atomic E-state index is 0.0566. The molecule has 172 valence electrons. The van der Waals surface area contributed by atoms with Crippen molar-refractivity contribution in [3.05, 3.63) is 28.7 Å². The molecule has 0 spiro atoms. The number of aromatic nitrogens is 3. The highest BCUT2D eigenvalue weighted by Crippen LogP contribution is 2.36. The van der Waals surface area contributed by atoms with Crippen molar-refractivity contribution in [1.29, 1.82) is 0 Å². The van der Waals surface area contributed by atoms with Gasteiger partial charge in [0.15, 0.2) is 5.65 Å². The second kappa shape index (κ2) is 8.83. The van der Waals surface area contributed by atoms with Gasteiger partial charge in [0.2, 0.25) is 11.8 Å². The van der Waals surface area contributed by atoms with E-state index in [0.29, 0.717) is 24.7 Å². The van der Waals surface area contributed by atoms with Gasteiger partial charge in [-0.3, -0.25) is 9.59 Å². The molecule has 2 aromatic rings. The second-order valence-electron chi connectivity index (χ2n) is 10.0. The van der Waals surface area contributed by atoms with E-state index >= 15 is 0 Å². The van der Waals surface area contributed by atoms with Crippen molar-refractivity contribution in [1.82, 2.24) is 24.8 Å². The number of carbonyl (C=O) groups is 2. The van der Waals surface area contributed by atoms with Crippen molar-refractivity contribution in [3.63, 3.8) is 0 Å². The molecule has 3 fully saturated rings. The number of hydrogen-bond donors (Lipinski definition) is 1. The Morgan fingerprint density at radius 2 is 1.88 bits per heavy atom. The molecular formula is C25H35N5O2. The molecule has 2 aromatic heterocycles. The van der Waals surface area contributed by atoms with Crippen LogP contribution in [0.15, 0.2) is 6.07 Å². The number of rotatable bonds is 7. The Morgan fingerprint density at radius 1 is 1.09 bits per heavy atom. The molecule has 1 unspecified atom stereocenters. The van der Waals surface area contributed by atoms with Crippen LogP contribution in [0.2, 0.25) is 0 Å². The standard InChI is InChI=1S/C25H35N5O2/c1-16-20(11-12-24(31)26-15-18-9-10-18)17(2)30-23(27-16)14-21(28-30)22-8-5-13-29(22)25(32)19-6-3-4-7-19/h14,18-19,22H,3-13,15H2,1-2H3,(H,26,31). The van der Waals surface area contributed by atoms with E-state index in [1.165, 1.54) is 25.7 Å². The Kier molecular flexibility index (Phi) is 5.91. The fourth-order valence-corrected chi connectivity index (χ4v) is 5.52. The summed E-state index contributed by atoms with van der Waals surface area (Å²) in [5.41, 5.74) is 4.88. The third kappa shape index (κ3) is 4.26. The highest BCUT2D eigenvalue weighted by atomic mass is 16.2. The molecule has 2 aliphatic carbocycles. The summed E-state index contributed by atoms with van der Waals surface area (Å²) >= 11 is 0. The normalized spacial score (nSPS) is 21.6. The van der Waals surface area contributed by atoms with E-state index in [0.717, 1.165) is 67.1 Å². The van der Waals surface area contributed by atoms with Crippen LogP contribution in [0.5, 0.6) is 0 Å². The lowest BCUT2D eigenvalue weighted by Crippen LogP contribution is -2.35. The Morgan fingerprint density at radius 3 is 2.62 bits per heavy atom. The van der Waals surface area contributed by atoms with Gasteiger partial charge in [-0.1, -0.05) is 12.8 Å². The lowest BCUT2D eigenvalue weighted by Gasteiger charge is -2.26. The Hall–Kier alpha value is -2.44. The first-order valence-corrected chi connectivity index (χ1v) is 12.4. The van der Waals surface area contributed by atoms with E-state index in [1.807, 2.05) is 11.4 Å². The number of amides is 2. The largest absolute Gasteiger partial charge is 0.356 e. The molecule has 1 N–H and O–H groups in total. The number of likely N-dealkylation sites (tertiary alicyclic amines) is 1. The molecule has 1 atom stereocenters. The molecular weight excluding hydrogens is 402 g/mol. The van der Waals surface area contributed by atoms with Crippen LogP contribution in [0.25, 0.3) is 5.65 Å². The van der Waals surface area contributed by atoms with Gasteiger partial charge >= 0.3 is 0 Å². The number of nitrogens with zero attached hydrogens (tertiary/aromatic N) is 4. The van der Waals surface area contributed by atoms with Crippen LogP contribution in [0.4, 0.5) is 0 Å². The molecule has 2 amide bonds. The predicted octanol–water partition coefficient (Wildman–Crippen LogP) is 3.66. The fraction of sp³-hybridized carbons (Fsp3) is 0.680. The van der Waals surface area contributed by atoms with Gasteiger partial charge in [-0.2, -0.15) is 5.10 Å². The fourth-order valence-electron chi connectivity index (χ4n) is 5.52. The van der Waals surface area contributed by atoms with Crippen LogP contribution in [0.3, 0.4) is 0 Å². The third-order valence-corrected chi connectivity index (χ3v) is 7.65. The molecule has 1 aliphatic heterocycles. The van der Waals surface area contributed by atoms with Gasteiger partial charge in [0.05, 0.1) is 11.7 Å². The molecule has 0 bridgehead atoms.